The minimum atomic E-state index is -0.516. The summed E-state index contributed by atoms with van der Waals surface area (Å²) in [6, 6.07) is 5.48. The Bertz CT molecular complexity index is 1210. The van der Waals surface area contributed by atoms with E-state index < -0.39 is 11.7 Å². The van der Waals surface area contributed by atoms with E-state index in [0.29, 0.717) is 42.9 Å². The molecule has 0 aromatic carbocycles. The third kappa shape index (κ3) is 3.37. The number of pyridine rings is 2. The van der Waals surface area contributed by atoms with Crippen LogP contribution < -0.4 is 0 Å². The highest BCUT2D eigenvalue weighted by Gasteiger charge is 2.29. The molecule has 1 aliphatic rings. The molecule has 7 nitrogen and oxygen atoms in total. The topological polar surface area (TPSA) is 83.3 Å². The van der Waals surface area contributed by atoms with Crippen molar-refractivity contribution in [2.45, 2.75) is 26.7 Å². The minimum absolute atomic E-state index is 0.384. The highest BCUT2D eigenvalue weighted by atomic mass is 16.2. The van der Waals surface area contributed by atoms with Gasteiger partial charge in [-0.2, -0.15) is 0 Å². The third-order valence-electron chi connectivity index (χ3n) is 5.54. The Morgan fingerprint density at radius 3 is 2.60 bits per heavy atom. The Kier molecular flexibility index (Phi) is 5.15. The van der Waals surface area contributed by atoms with Gasteiger partial charge in [0.25, 0.3) is 11.7 Å². The second-order valence-corrected chi connectivity index (χ2v) is 7.38. The molecule has 0 aliphatic carbocycles. The lowest BCUT2D eigenvalue weighted by atomic mass is 9.98. The number of ketones is 1. The van der Waals surface area contributed by atoms with Gasteiger partial charge in [-0.05, 0) is 44.4 Å². The number of rotatable bonds is 3. The highest BCUT2D eigenvalue weighted by Crippen LogP contribution is 2.28. The molecule has 1 fully saturated rings. The maximum absolute atomic E-state index is 13.0. The predicted molar refractivity (Wildman–Crippen MR) is 113 cm³/mol. The quantitative estimate of drug-likeness (QED) is 0.413. The molecule has 3 aromatic heterocycles. The second kappa shape index (κ2) is 7.91. The number of aromatic amines is 1. The van der Waals surface area contributed by atoms with Gasteiger partial charge in [0.2, 0.25) is 5.70 Å². The summed E-state index contributed by atoms with van der Waals surface area (Å²) in [7, 11) is 0. The van der Waals surface area contributed by atoms with Gasteiger partial charge >= 0.3 is 0 Å². The van der Waals surface area contributed by atoms with Crippen LogP contribution in [0.15, 0.2) is 42.4 Å². The van der Waals surface area contributed by atoms with Crippen LogP contribution in [0.2, 0.25) is 0 Å². The molecule has 0 radical (unpaired) electrons. The summed E-state index contributed by atoms with van der Waals surface area (Å²) < 4.78 is 0. The molecule has 4 heterocycles. The van der Waals surface area contributed by atoms with E-state index in [1.54, 1.807) is 23.5 Å². The molecule has 0 spiro atoms. The Balaban J connectivity index is 1.54. The normalized spacial score (nSPS) is 13.9. The first-order valence-electron chi connectivity index (χ1n) is 9.79. The summed E-state index contributed by atoms with van der Waals surface area (Å²) in [6.07, 6.45) is 6.10. The Morgan fingerprint density at radius 2 is 1.93 bits per heavy atom. The number of amides is 1. The molecule has 30 heavy (non-hydrogen) atoms. The van der Waals surface area contributed by atoms with Crippen molar-refractivity contribution in [3.63, 3.8) is 0 Å². The summed E-state index contributed by atoms with van der Waals surface area (Å²) >= 11 is 0. The van der Waals surface area contributed by atoms with Crippen LogP contribution in [0.5, 0.6) is 0 Å². The largest absolute Gasteiger partial charge is 0.359 e. The van der Waals surface area contributed by atoms with Crippen LogP contribution in [0.1, 0.15) is 40.2 Å². The van der Waals surface area contributed by atoms with Crippen molar-refractivity contribution < 1.29 is 9.59 Å². The first-order valence-corrected chi connectivity index (χ1v) is 9.79. The molecular weight excluding hydrogens is 378 g/mol. The fraction of sp³-hybridized carbons (Fsp3) is 0.261. The van der Waals surface area contributed by atoms with Crippen molar-refractivity contribution in [1.82, 2.24) is 19.9 Å². The Labute approximate surface area is 174 Å². The number of likely N-dealkylation sites (tertiary alicyclic amines) is 1. The van der Waals surface area contributed by atoms with E-state index in [0.717, 1.165) is 27.7 Å². The fourth-order valence-corrected chi connectivity index (χ4v) is 3.92. The van der Waals surface area contributed by atoms with E-state index in [1.165, 1.54) is 0 Å². The SMILES string of the molecule is [C-]#[N+]C(=C1CCN(C(=O)C(=O)c2c[nH]c3c(C)ncc(C)c23)CC1)c1ccccn1. The van der Waals surface area contributed by atoms with Gasteiger partial charge in [-0.25, -0.2) is 4.85 Å². The lowest BCUT2D eigenvalue weighted by Crippen LogP contribution is -2.40. The Morgan fingerprint density at radius 1 is 1.17 bits per heavy atom. The number of carbonyl (C=O) groups excluding carboxylic acids is 2. The molecule has 1 N–H and O–H groups in total. The summed E-state index contributed by atoms with van der Waals surface area (Å²) in [5.74, 6) is -1.02. The fourth-order valence-electron chi connectivity index (χ4n) is 3.92. The van der Waals surface area contributed by atoms with E-state index in [4.69, 9.17) is 6.57 Å². The van der Waals surface area contributed by atoms with Crippen LogP contribution in [0.4, 0.5) is 0 Å². The number of hydrogen-bond acceptors (Lipinski definition) is 4. The van der Waals surface area contributed by atoms with Crippen molar-refractivity contribution in [3.8, 4) is 0 Å². The zero-order valence-corrected chi connectivity index (χ0v) is 16.9. The summed E-state index contributed by atoms with van der Waals surface area (Å²) in [4.78, 5) is 42.8. The van der Waals surface area contributed by atoms with E-state index >= 15 is 0 Å². The smallest absolute Gasteiger partial charge is 0.295 e. The molecule has 1 saturated heterocycles. The second-order valence-electron chi connectivity index (χ2n) is 7.38. The third-order valence-corrected chi connectivity index (χ3v) is 5.54. The van der Waals surface area contributed by atoms with Gasteiger partial charge < -0.3 is 9.88 Å². The van der Waals surface area contributed by atoms with Crippen LogP contribution in [0.3, 0.4) is 0 Å². The Hall–Kier alpha value is -3.79. The van der Waals surface area contributed by atoms with Gasteiger partial charge in [-0.1, -0.05) is 11.6 Å². The van der Waals surface area contributed by atoms with E-state index in [-0.39, 0.29) is 0 Å². The van der Waals surface area contributed by atoms with Gasteiger partial charge in [0.1, 0.15) is 0 Å². The number of aryl methyl sites for hydroxylation is 2. The molecular formula is C23H21N5O2. The molecule has 0 bridgehead atoms. The molecule has 4 rings (SSSR count). The average molecular weight is 399 g/mol. The van der Waals surface area contributed by atoms with Crippen molar-refractivity contribution in [2.24, 2.45) is 0 Å². The number of fused-ring (bicyclic) bond motifs is 1. The lowest BCUT2D eigenvalue weighted by Gasteiger charge is -2.28. The molecule has 0 atom stereocenters. The van der Waals surface area contributed by atoms with Gasteiger partial charge in [0.05, 0.1) is 29.0 Å². The van der Waals surface area contributed by atoms with Crippen LogP contribution in [-0.4, -0.2) is 44.6 Å². The van der Waals surface area contributed by atoms with Gasteiger partial charge in [-0.15, -0.1) is 0 Å². The van der Waals surface area contributed by atoms with Gasteiger partial charge in [0.15, 0.2) is 0 Å². The number of nitrogens with zero attached hydrogens (tertiary/aromatic N) is 4. The summed E-state index contributed by atoms with van der Waals surface area (Å²) in [6.45, 7) is 12.1. The minimum Gasteiger partial charge on any atom is -0.359 e. The number of hydrogen-bond donors (Lipinski definition) is 1. The van der Waals surface area contributed by atoms with Crippen LogP contribution >= 0.6 is 0 Å². The van der Waals surface area contributed by atoms with Gasteiger partial charge in [-0.3, -0.25) is 19.6 Å². The number of H-pyrrole nitrogens is 1. The number of Topliss-reactive ketones (excluding diaryl/α,β-unsaturated/α-hetero) is 1. The zero-order chi connectivity index (χ0) is 21.3. The standard InChI is InChI=1S/C23H21N5O2/c1-14-12-26-15(2)20-19(14)17(13-27-20)22(29)23(30)28-10-7-16(8-11-28)21(24-3)18-6-4-5-9-25-18/h4-6,9,12-13,27H,7-8,10-11H2,1-2H3. The zero-order valence-electron chi connectivity index (χ0n) is 16.9. The molecule has 0 unspecified atom stereocenters. The number of aromatic nitrogens is 3. The molecule has 1 amide bonds. The molecule has 3 aromatic rings. The van der Waals surface area contributed by atoms with Crippen LogP contribution in [0.25, 0.3) is 21.4 Å². The van der Waals surface area contributed by atoms with Crippen molar-refractivity contribution in [2.75, 3.05) is 13.1 Å². The summed E-state index contributed by atoms with van der Waals surface area (Å²) in [5, 5.41) is 0.754. The number of piperidine rings is 1. The van der Waals surface area contributed by atoms with Gasteiger partial charge in [0, 0.05) is 37.1 Å². The molecule has 0 saturated carbocycles. The maximum Gasteiger partial charge on any atom is 0.295 e. The monoisotopic (exact) mass is 399 g/mol. The van der Waals surface area contributed by atoms with E-state index in [1.807, 2.05) is 32.0 Å². The summed E-state index contributed by atoms with van der Waals surface area (Å²) in [5.41, 5.74) is 4.98. The van der Waals surface area contributed by atoms with E-state index in [9.17, 15) is 9.59 Å². The molecule has 150 valence electrons. The highest BCUT2D eigenvalue weighted by molar-refractivity contribution is 6.45. The number of carbonyl (C=O) groups is 2. The lowest BCUT2D eigenvalue weighted by molar-refractivity contribution is -0.126. The van der Waals surface area contributed by atoms with Crippen molar-refractivity contribution in [1.29, 1.82) is 0 Å². The van der Waals surface area contributed by atoms with Crippen LogP contribution in [-0.2, 0) is 4.79 Å². The average Bonchev–Trinajstić information content (AvgIpc) is 3.24. The van der Waals surface area contributed by atoms with Crippen molar-refractivity contribution >= 4 is 28.3 Å². The molecule has 1 aliphatic heterocycles. The van der Waals surface area contributed by atoms with E-state index in [2.05, 4.69) is 19.8 Å². The number of nitrogens with one attached hydrogen (secondary N) is 1. The van der Waals surface area contributed by atoms with Crippen LogP contribution in [0, 0.1) is 20.4 Å². The first-order chi connectivity index (χ1) is 14.5. The maximum atomic E-state index is 13.0. The van der Waals surface area contributed by atoms with Crippen molar-refractivity contribution in [3.05, 3.63) is 76.3 Å². The first kappa shape index (κ1) is 19.5. The predicted octanol–water partition coefficient (Wildman–Crippen LogP) is 3.71. The molecule has 7 heteroatoms.